The van der Waals surface area contributed by atoms with Crippen LogP contribution in [0.2, 0.25) is 0 Å². The summed E-state index contributed by atoms with van der Waals surface area (Å²) in [4.78, 5) is 0. The molecule has 0 aromatic rings. The molecule has 0 aliphatic carbocycles. The molecule has 0 aromatic carbocycles. The van der Waals surface area contributed by atoms with E-state index in [1.54, 1.807) is 0 Å². The molecule has 0 aliphatic heterocycles. The fraction of sp³-hybridized carbons (Fsp3) is 1.00. The molecule has 1 unspecified atom stereocenters. The third kappa shape index (κ3) is 15.4. The largest absolute Gasteiger partial charge is 0.395 e. The van der Waals surface area contributed by atoms with Crippen molar-refractivity contribution in [2.45, 2.75) is 129 Å². The molecule has 2 atom stereocenters. The highest BCUT2D eigenvalue weighted by atomic mass is 16.3. The molecule has 24 heavy (non-hydrogen) atoms. The van der Waals surface area contributed by atoms with Gasteiger partial charge in [0.15, 0.2) is 0 Å². The molecular formula is C21H45NO2. The van der Waals surface area contributed by atoms with Gasteiger partial charge in [0.1, 0.15) is 0 Å². The van der Waals surface area contributed by atoms with Crippen LogP contribution >= 0.6 is 0 Å². The van der Waals surface area contributed by atoms with E-state index >= 15 is 0 Å². The molecule has 0 rings (SSSR count). The monoisotopic (exact) mass is 343 g/mol. The highest BCUT2D eigenvalue weighted by Gasteiger charge is 2.18. The molecule has 3 heteroatoms. The van der Waals surface area contributed by atoms with E-state index in [0.29, 0.717) is 6.04 Å². The summed E-state index contributed by atoms with van der Waals surface area (Å²) in [5, 5.41) is 22.7. The Bertz CT molecular complexity index is 246. The van der Waals surface area contributed by atoms with E-state index in [1.165, 1.54) is 77.0 Å². The average Bonchev–Trinajstić information content (AvgIpc) is 2.56. The van der Waals surface area contributed by atoms with Crippen molar-refractivity contribution in [1.82, 2.24) is 5.32 Å². The summed E-state index contributed by atoms with van der Waals surface area (Å²) < 4.78 is 0. The SMILES string of the molecule is CCCCCCCCCCCCCCC[C@@H](O)C(CO)NC(C)C. The van der Waals surface area contributed by atoms with Gasteiger partial charge in [-0.2, -0.15) is 0 Å². The van der Waals surface area contributed by atoms with Crippen LogP contribution < -0.4 is 5.32 Å². The zero-order chi connectivity index (χ0) is 18.0. The molecule has 0 saturated heterocycles. The maximum atomic E-state index is 10.1. The van der Waals surface area contributed by atoms with Crippen LogP contribution in [0.15, 0.2) is 0 Å². The first-order valence-electron chi connectivity index (χ1n) is 10.7. The van der Waals surface area contributed by atoms with Crippen LogP contribution in [-0.4, -0.2) is 35.0 Å². The number of aliphatic hydroxyl groups is 2. The Morgan fingerprint density at radius 3 is 1.50 bits per heavy atom. The third-order valence-corrected chi connectivity index (χ3v) is 4.81. The number of rotatable bonds is 18. The van der Waals surface area contributed by atoms with Gasteiger partial charge in [-0.25, -0.2) is 0 Å². The second-order valence-corrected chi connectivity index (χ2v) is 7.71. The standard InChI is InChI=1S/C21H45NO2/c1-4-5-6-7-8-9-10-11-12-13-14-15-16-17-21(24)20(18-23)22-19(2)3/h19-24H,4-18H2,1-3H3/t20?,21-/m1/s1. The lowest BCUT2D eigenvalue weighted by Gasteiger charge is -2.24. The minimum Gasteiger partial charge on any atom is -0.395 e. The maximum Gasteiger partial charge on any atom is 0.0715 e. The molecule has 0 amide bonds. The Morgan fingerprint density at radius 2 is 1.12 bits per heavy atom. The number of nitrogens with one attached hydrogen (secondary N) is 1. The van der Waals surface area contributed by atoms with Crippen molar-refractivity contribution < 1.29 is 10.2 Å². The van der Waals surface area contributed by atoms with E-state index < -0.39 is 6.10 Å². The lowest BCUT2D eigenvalue weighted by molar-refractivity contribution is 0.0771. The van der Waals surface area contributed by atoms with Crippen LogP contribution in [0.25, 0.3) is 0 Å². The highest BCUT2D eigenvalue weighted by Crippen LogP contribution is 2.14. The fourth-order valence-corrected chi connectivity index (χ4v) is 3.29. The lowest BCUT2D eigenvalue weighted by atomic mass is 10.0. The van der Waals surface area contributed by atoms with Crippen LogP contribution in [0.5, 0.6) is 0 Å². The maximum absolute atomic E-state index is 10.1. The van der Waals surface area contributed by atoms with Crippen LogP contribution in [-0.2, 0) is 0 Å². The molecule has 0 spiro atoms. The third-order valence-electron chi connectivity index (χ3n) is 4.81. The Labute approximate surface area is 151 Å². The van der Waals surface area contributed by atoms with Gasteiger partial charge in [0.05, 0.1) is 18.8 Å². The van der Waals surface area contributed by atoms with Gasteiger partial charge in [-0.05, 0) is 6.42 Å². The van der Waals surface area contributed by atoms with Crippen LogP contribution in [0, 0.1) is 0 Å². The molecule has 146 valence electrons. The molecule has 0 heterocycles. The topological polar surface area (TPSA) is 52.5 Å². The average molecular weight is 344 g/mol. The predicted molar refractivity (Wildman–Crippen MR) is 105 cm³/mol. The zero-order valence-electron chi connectivity index (χ0n) is 16.7. The normalized spacial score (nSPS) is 14.2. The molecule has 0 aliphatic rings. The summed E-state index contributed by atoms with van der Waals surface area (Å²) in [5.74, 6) is 0. The molecular weight excluding hydrogens is 298 g/mol. The van der Waals surface area contributed by atoms with Gasteiger partial charge in [0, 0.05) is 6.04 Å². The van der Waals surface area contributed by atoms with Gasteiger partial charge < -0.3 is 15.5 Å². The number of hydrogen-bond donors (Lipinski definition) is 3. The number of unbranched alkanes of at least 4 members (excludes halogenated alkanes) is 12. The Balaban J connectivity index is 3.32. The summed E-state index contributed by atoms with van der Waals surface area (Å²) in [7, 11) is 0. The van der Waals surface area contributed by atoms with E-state index in [2.05, 4.69) is 12.2 Å². The second-order valence-electron chi connectivity index (χ2n) is 7.71. The van der Waals surface area contributed by atoms with Crippen molar-refractivity contribution in [3.05, 3.63) is 0 Å². The van der Waals surface area contributed by atoms with Gasteiger partial charge in [0.2, 0.25) is 0 Å². The predicted octanol–water partition coefficient (Wildman–Crippen LogP) is 5.19. The molecule has 0 aromatic heterocycles. The zero-order valence-corrected chi connectivity index (χ0v) is 16.7. The second kappa shape index (κ2) is 17.7. The quantitative estimate of drug-likeness (QED) is 0.300. The van der Waals surface area contributed by atoms with Gasteiger partial charge in [0.25, 0.3) is 0 Å². The van der Waals surface area contributed by atoms with Crippen molar-refractivity contribution in [2.24, 2.45) is 0 Å². The van der Waals surface area contributed by atoms with Gasteiger partial charge in [-0.15, -0.1) is 0 Å². The first-order chi connectivity index (χ1) is 11.6. The highest BCUT2D eigenvalue weighted by molar-refractivity contribution is 4.76. The van der Waals surface area contributed by atoms with Gasteiger partial charge >= 0.3 is 0 Å². The van der Waals surface area contributed by atoms with Gasteiger partial charge in [-0.1, -0.05) is 104 Å². The van der Waals surface area contributed by atoms with Crippen LogP contribution in [0.4, 0.5) is 0 Å². The molecule has 0 fully saturated rings. The van der Waals surface area contributed by atoms with Gasteiger partial charge in [-0.3, -0.25) is 0 Å². The summed E-state index contributed by atoms with van der Waals surface area (Å²) >= 11 is 0. The first kappa shape index (κ1) is 23.9. The van der Waals surface area contributed by atoms with Crippen molar-refractivity contribution in [1.29, 1.82) is 0 Å². The molecule has 0 radical (unpaired) electrons. The lowest BCUT2D eigenvalue weighted by Crippen LogP contribution is -2.45. The van der Waals surface area contributed by atoms with E-state index in [9.17, 15) is 10.2 Å². The van der Waals surface area contributed by atoms with Crippen LogP contribution in [0.1, 0.15) is 111 Å². The van der Waals surface area contributed by atoms with Crippen molar-refractivity contribution in [3.8, 4) is 0 Å². The summed E-state index contributed by atoms with van der Waals surface area (Å²) in [6.07, 6.45) is 17.9. The van der Waals surface area contributed by atoms with E-state index in [0.717, 1.165) is 12.8 Å². The Kier molecular flexibility index (Phi) is 17.6. The minimum absolute atomic E-state index is 0.0117. The van der Waals surface area contributed by atoms with Crippen molar-refractivity contribution >= 4 is 0 Å². The van der Waals surface area contributed by atoms with Crippen molar-refractivity contribution in [2.75, 3.05) is 6.61 Å². The molecule has 3 nitrogen and oxygen atoms in total. The van der Waals surface area contributed by atoms with E-state index in [1.807, 2.05) is 13.8 Å². The first-order valence-corrected chi connectivity index (χ1v) is 10.7. The number of hydrogen-bond acceptors (Lipinski definition) is 3. The van der Waals surface area contributed by atoms with E-state index in [-0.39, 0.29) is 12.6 Å². The smallest absolute Gasteiger partial charge is 0.0715 e. The summed E-state index contributed by atoms with van der Waals surface area (Å²) in [6.45, 7) is 6.37. The number of aliphatic hydroxyl groups excluding tert-OH is 2. The molecule has 0 bridgehead atoms. The fourth-order valence-electron chi connectivity index (χ4n) is 3.29. The molecule has 3 N–H and O–H groups in total. The summed E-state index contributed by atoms with van der Waals surface area (Å²) in [5.41, 5.74) is 0. The summed E-state index contributed by atoms with van der Waals surface area (Å²) in [6, 6.07) is 0.116. The van der Waals surface area contributed by atoms with E-state index in [4.69, 9.17) is 0 Å². The molecule has 0 saturated carbocycles. The minimum atomic E-state index is -0.426. The van der Waals surface area contributed by atoms with Crippen molar-refractivity contribution in [3.63, 3.8) is 0 Å². The Hall–Kier alpha value is -0.120. The Morgan fingerprint density at radius 1 is 0.708 bits per heavy atom. The van der Waals surface area contributed by atoms with Crippen LogP contribution in [0.3, 0.4) is 0 Å².